The molecule has 0 aliphatic heterocycles. The number of carboxylic acid groups (broad SMARTS) is 1. The second-order valence-corrected chi connectivity index (χ2v) is 5.41. The van der Waals surface area contributed by atoms with Crippen molar-refractivity contribution in [3.63, 3.8) is 0 Å². The monoisotopic (exact) mass is 344 g/mol. The lowest BCUT2D eigenvalue weighted by atomic mass is 10.0. The average molecular weight is 344 g/mol. The molecule has 0 saturated heterocycles. The van der Waals surface area contributed by atoms with Gasteiger partial charge >= 0.3 is 11.7 Å². The van der Waals surface area contributed by atoms with E-state index in [-0.39, 0.29) is 12.8 Å². The van der Waals surface area contributed by atoms with Crippen LogP contribution in [0.4, 0.5) is 5.69 Å². The Labute approximate surface area is 142 Å². The molecule has 0 radical (unpaired) electrons. The Morgan fingerprint density at radius 2 is 1.80 bits per heavy atom. The number of amides is 1. The first-order chi connectivity index (χ1) is 11.9. The number of aromatic hydroxyl groups is 1. The van der Waals surface area contributed by atoms with Gasteiger partial charge in [-0.05, 0) is 17.2 Å². The molecule has 2 aromatic carbocycles. The predicted octanol–water partition coefficient (Wildman–Crippen LogP) is 1.65. The van der Waals surface area contributed by atoms with E-state index in [0.717, 1.165) is 17.7 Å². The highest BCUT2D eigenvalue weighted by Gasteiger charge is 2.22. The molecule has 8 nitrogen and oxygen atoms in total. The normalized spacial score (nSPS) is 11.5. The largest absolute Gasteiger partial charge is 0.502 e. The third-order valence-electron chi connectivity index (χ3n) is 3.52. The fourth-order valence-corrected chi connectivity index (χ4v) is 2.30. The molecule has 25 heavy (non-hydrogen) atoms. The highest BCUT2D eigenvalue weighted by Crippen LogP contribution is 2.26. The summed E-state index contributed by atoms with van der Waals surface area (Å²) >= 11 is 0. The maximum Gasteiger partial charge on any atom is 0.326 e. The van der Waals surface area contributed by atoms with Crippen molar-refractivity contribution in [2.45, 2.75) is 18.9 Å². The Morgan fingerprint density at radius 1 is 1.12 bits per heavy atom. The number of phenols is 1. The van der Waals surface area contributed by atoms with Crippen LogP contribution in [-0.2, 0) is 22.4 Å². The van der Waals surface area contributed by atoms with Gasteiger partial charge in [-0.2, -0.15) is 0 Å². The molecule has 0 heterocycles. The summed E-state index contributed by atoms with van der Waals surface area (Å²) in [6.07, 6.45) is -0.114. The molecule has 0 fully saturated rings. The van der Waals surface area contributed by atoms with Crippen molar-refractivity contribution in [1.82, 2.24) is 5.32 Å². The molecule has 0 aliphatic rings. The van der Waals surface area contributed by atoms with Crippen molar-refractivity contribution in [3.8, 4) is 5.75 Å². The van der Waals surface area contributed by atoms with Crippen LogP contribution in [0.15, 0.2) is 48.5 Å². The molecular formula is C17H16N2O6. The first-order valence-electron chi connectivity index (χ1n) is 7.39. The van der Waals surface area contributed by atoms with Crippen LogP contribution in [0, 0.1) is 10.1 Å². The van der Waals surface area contributed by atoms with Gasteiger partial charge in [-0.1, -0.05) is 36.4 Å². The Morgan fingerprint density at radius 3 is 2.40 bits per heavy atom. The lowest BCUT2D eigenvalue weighted by Crippen LogP contribution is -2.43. The molecule has 1 atom stereocenters. The number of nitro groups is 1. The summed E-state index contributed by atoms with van der Waals surface area (Å²) in [7, 11) is 0. The number of benzene rings is 2. The van der Waals surface area contributed by atoms with Crippen LogP contribution >= 0.6 is 0 Å². The van der Waals surface area contributed by atoms with E-state index in [4.69, 9.17) is 0 Å². The topological polar surface area (TPSA) is 130 Å². The van der Waals surface area contributed by atoms with Crippen LogP contribution in [0.1, 0.15) is 11.1 Å². The Bertz CT molecular complexity index is 791. The van der Waals surface area contributed by atoms with Crippen molar-refractivity contribution in [3.05, 3.63) is 69.8 Å². The fraction of sp³-hybridized carbons (Fsp3) is 0.176. The van der Waals surface area contributed by atoms with E-state index in [9.17, 15) is 29.9 Å². The molecule has 8 heteroatoms. The number of phenolic OH excluding ortho intramolecular Hbond substituents is 1. The predicted molar refractivity (Wildman–Crippen MR) is 88.2 cm³/mol. The summed E-state index contributed by atoms with van der Waals surface area (Å²) < 4.78 is 0. The second-order valence-electron chi connectivity index (χ2n) is 5.41. The van der Waals surface area contributed by atoms with Gasteiger partial charge < -0.3 is 15.5 Å². The fourth-order valence-electron chi connectivity index (χ4n) is 2.30. The second kappa shape index (κ2) is 7.91. The number of carbonyl (C=O) groups is 2. The highest BCUT2D eigenvalue weighted by molar-refractivity contribution is 5.85. The summed E-state index contributed by atoms with van der Waals surface area (Å²) in [6, 6.07) is 11.2. The minimum atomic E-state index is -1.25. The maximum absolute atomic E-state index is 12.0. The first kappa shape index (κ1) is 17.9. The van der Waals surface area contributed by atoms with Gasteiger partial charge in [0.15, 0.2) is 5.75 Å². The lowest BCUT2D eigenvalue weighted by Gasteiger charge is -2.15. The molecule has 130 valence electrons. The zero-order valence-electron chi connectivity index (χ0n) is 13.1. The van der Waals surface area contributed by atoms with Crippen molar-refractivity contribution in [1.29, 1.82) is 0 Å². The van der Waals surface area contributed by atoms with Gasteiger partial charge in [0.1, 0.15) is 6.04 Å². The van der Waals surface area contributed by atoms with Crippen molar-refractivity contribution in [2.75, 3.05) is 0 Å². The molecule has 3 N–H and O–H groups in total. The molecule has 2 rings (SSSR count). The van der Waals surface area contributed by atoms with Crippen molar-refractivity contribution in [2.24, 2.45) is 0 Å². The average Bonchev–Trinajstić information content (AvgIpc) is 2.56. The van der Waals surface area contributed by atoms with Gasteiger partial charge in [-0.3, -0.25) is 14.9 Å². The molecular weight excluding hydrogens is 328 g/mol. The van der Waals surface area contributed by atoms with E-state index < -0.39 is 34.3 Å². The third-order valence-corrected chi connectivity index (χ3v) is 3.52. The van der Waals surface area contributed by atoms with E-state index in [0.29, 0.717) is 5.56 Å². The molecule has 0 unspecified atom stereocenters. The number of aliphatic carboxylic acids is 1. The van der Waals surface area contributed by atoms with Crippen LogP contribution in [-0.4, -0.2) is 33.1 Å². The van der Waals surface area contributed by atoms with E-state index in [2.05, 4.69) is 5.32 Å². The summed E-state index contributed by atoms with van der Waals surface area (Å²) in [6.45, 7) is 0. The van der Waals surface area contributed by atoms with Crippen LogP contribution in [0.3, 0.4) is 0 Å². The zero-order chi connectivity index (χ0) is 18.4. The van der Waals surface area contributed by atoms with Crippen molar-refractivity contribution >= 4 is 17.6 Å². The van der Waals surface area contributed by atoms with Gasteiger partial charge in [0.05, 0.1) is 11.3 Å². The number of nitro benzene ring substituents is 1. The minimum absolute atomic E-state index is 0.0281. The molecule has 0 aromatic heterocycles. The number of hydrogen-bond donors (Lipinski definition) is 3. The summed E-state index contributed by atoms with van der Waals surface area (Å²) in [5, 5.41) is 32.0. The Balaban J connectivity index is 2.08. The minimum Gasteiger partial charge on any atom is -0.502 e. The van der Waals surface area contributed by atoms with Gasteiger partial charge in [-0.15, -0.1) is 0 Å². The van der Waals surface area contributed by atoms with Gasteiger partial charge in [0.25, 0.3) is 0 Å². The molecule has 2 aromatic rings. The van der Waals surface area contributed by atoms with Crippen LogP contribution in [0.25, 0.3) is 0 Å². The smallest absolute Gasteiger partial charge is 0.326 e. The van der Waals surface area contributed by atoms with Crippen LogP contribution in [0.2, 0.25) is 0 Å². The van der Waals surface area contributed by atoms with E-state index in [1.54, 1.807) is 30.3 Å². The number of carbonyl (C=O) groups excluding carboxylic acids is 1. The third kappa shape index (κ3) is 5.03. The van der Waals surface area contributed by atoms with E-state index in [1.807, 2.05) is 0 Å². The summed E-state index contributed by atoms with van der Waals surface area (Å²) in [5.41, 5.74) is 0.540. The summed E-state index contributed by atoms with van der Waals surface area (Å²) in [4.78, 5) is 33.5. The molecule has 0 aliphatic carbocycles. The first-order valence-corrected chi connectivity index (χ1v) is 7.39. The van der Waals surface area contributed by atoms with Crippen LogP contribution in [0.5, 0.6) is 5.75 Å². The van der Waals surface area contributed by atoms with Crippen LogP contribution < -0.4 is 5.32 Å². The van der Waals surface area contributed by atoms with E-state index in [1.165, 1.54) is 6.07 Å². The Kier molecular flexibility index (Phi) is 5.67. The van der Waals surface area contributed by atoms with Gasteiger partial charge in [0.2, 0.25) is 5.91 Å². The highest BCUT2D eigenvalue weighted by atomic mass is 16.6. The quantitative estimate of drug-likeness (QED) is 0.517. The van der Waals surface area contributed by atoms with Gasteiger partial charge in [-0.25, -0.2) is 4.79 Å². The number of rotatable bonds is 7. The molecule has 1 amide bonds. The molecule has 0 bridgehead atoms. The number of carboxylic acids is 1. The zero-order valence-corrected chi connectivity index (χ0v) is 13.1. The standard InChI is InChI=1S/C17H16N2O6/c20-15-7-6-12(9-14(15)19(24)25)8-13(17(22)23)18-16(21)10-11-4-2-1-3-5-11/h1-7,9,13,20H,8,10H2,(H,18,21)(H,22,23)/t13-/m0/s1. The summed E-state index contributed by atoms with van der Waals surface area (Å²) in [5.74, 6) is -2.22. The Hall–Kier alpha value is -3.42. The van der Waals surface area contributed by atoms with E-state index >= 15 is 0 Å². The maximum atomic E-state index is 12.0. The molecule has 0 saturated carbocycles. The SMILES string of the molecule is O=C(Cc1ccccc1)N[C@@H](Cc1ccc(O)c([N+](=O)[O-])c1)C(=O)O. The number of nitrogens with one attached hydrogen (secondary N) is 1. The number of nitrogens with zero attached hydrogens (tertiary/aromatic N) is 1. The lowest BCUT2D eigenvalue weighted by molar-refractivity contribution is -0.385. The van der Waals surface area contributed by atoms with Gasteiger partial charge in [0, 0.05) is 12.5 Å². The number of hydrogen-bond acceptors (Lipinski definition) is 5. The molecule has 0 spiro atoms. The van der Waals surface area contributed by atoms with Crippen molar-refractivity contribution < 1.29 is 24.7 Å².